The lowest BCUT2D eigenvalue weighted by Gasteiger charge is -2.02. The second-order valence-electron chi connectivity index (χ2n) is 3.98. The van der Waals surface area contributed by atoms with Crippen molar-refractivity contribution >= 4 is 15.9 Å². The molecule has 0 fully saturated rings. The molecule has 0 bridgehead atoms. The van der Waals surface area contributed by atoms with E-state index in [4.69, 9.17) is 10.3 Å². The third kappa shape index (κ3) is 2.76. The fourth-order valence-electron chi connectivity index (χ4n) is 1.57. The monoisotopic (exact) mass is 313 g/mol. The summed E-state index contributed by atoms with van der Waals surface area (Å²) in [6, 6.07) is 4.30. The number of aromatic nitrogens is 2. The van der Waals surface area contributed by atoms with Crippen LogP contribution in [0.5, 0.6) is 0 Å². The number of nitrogens with two attached hydrogens (primary N) is 1. The second kappa shape index (κ2) is 5.58. The molecule has 96 valence electrons. The Balaban J connectivity index is 2.26. The number of nitrogens with zero attached hydrogens (tertiary/aromatic N) is 2. The maximum Gasteiger partial charge on any atom is 0.243 e. The molecule has 0 unspecified atom stereocenters. The van der Waals surface area contributed by atoms with Gasteiger partial charge in [0.15, 0.2) is 0 Å². The molecule has 0 amide bonds. The lowest BCUT2D eigenvalue weighted by molar-refractivity contribution is 0.348. The third-order valence-corrected chi connectivity index (χ3v) is 3.14. The SMILES string of the molecule is CCC[C@@H](N)c1nc(-c2ccc(F)c(Br)c2)no1. The highest BCUT2D eigenvalue weighted by atomic mass is 79.9. The Morgan fingerprint density at radius 1 is 1.50 bits per heavy atom. The molecule has 4 nitrogen and oxygen atoms in total. The van der Waals surface area contributed by atoms with Crippen LogP contribution in [-0.2, 0) is 0 Å². The summed E-state index contributed by atoms with van der Waals surface area (Å²) in [4.78, 5) is 4.22. The Bertz CT molecular complexity index is 544. The van der Waals surface area contributed by atoms with Gasteiger partial charge < -0.3 is 10.3 Å². The quantitative estimate of drug-likeness (QED) is 0.939. The zero-order valence-corrected chi connectivity index (χ0v) is 11.4. The van der Waals surface area contributed by atoms with Crippen molar-refractivity contribution in [3.8, 4) is 11.4 Å². The van der Waals surface area contributed by atoms with Gasteiger partial charge in [-0.05, 0) is 40.5 Å². The molecule has 1 heterocycles. The Morgan fingerprint density at radius 3 is 2.94 bits per heavy atom. The molecule has 0 radical (unpaired) electrons. The fraction of sp³-hybridized carbons (Fsp3) is 0.333. The average molecular weight is 314 g/mol. The topological polar surface area (TPSA) is 64.9 Å². The standard InChI is InChI=1S/C12H13BrFN3O/c1-2-3-10(15)12-16-11(17-18-12)7-4-5-9(14)8(13)6-7/h4-6,10H,2-3,15H2,1H3/t10-/m1/s1. The van der Waals surface area contributed by atoms with Crippen molar-refractivity contribution < 1.29 is 8.91 Å². The number of halogens is 2. The zero-order valence-electron chi connectivity index (χ0n) is 9.86. The average Bonchev–Trinajstić information content (AvgIpc) is 2.82. The predicted octanol–water partition coefficient (Wildman–Crippen LogP) is 3.44. The molecule has 0 aliphatic rings. The van der Waals surface area contributed by atoms with Gasteiger partial charge in [-0.15, -0.1) is 0 Å². The minimum Gasteiger partial charge on any atom is -0.337 e. The van der Waals surface area contributed by atoms with E-state index in [0.29, 0.717) is 21.8 Å². The minimum absolute atomic E-state index is 0.250. The van der Waals surface area contributed by atoms with Gasteiger partial charge in [-0.3, -0.25) is 0 Å². The maximum atomic E-state index is 13.1. The molecule has 1 atom stereocenters. The molecule has 2 aromatic rings. The summed E-state index contributed by atoms with van der Waals surface area (Å²) in [6.45, 7) is 2.04. The van der Waals surface area contributed by atoms with Crippen LogP contribution in [0, 0.1) is 5.82 Å². The van der Waals surface area contributed by atoms with Crippen molar-refractivity contribution in [2.24, 2.45) is 5.73 Å². The predicted molar refractivity (Wildman–Crippen MR) is 69.2 cm³/mol. The summed E-state index contributed by atoms with van der Waals surface area (Å²) in [5.74, 6) is 0.495. The smallest absolute Gasteiger partial charge is 0.243 e. The number of hydrogen-bond donors (Lipinski definition) is 1. The molecule has 2 N–H and O–H groups in total. The zero-order chi connectivity index (χ0) is 13.1. The molecule has 0 saturated heterocycles. The van der Waals surface area contributed by atoms with Crippen molar-refractivity contribution in [3.05, 3.63) is 34.4 Å². The summed E-state index contributed by atoms with van der Waals surface area (Å²) in [5, 5.41) is 3.85. The van der Waals surface area contributed by atoms with Crippen LogP contribution in [0.15, 0.2) is 27.2 Å². The molecule has 6 heteroatoms. The Kier molecular flexibility index (Phi) is 4.08. The van der Waals surface area contributed by atoms with Gasteiger partial charge in [0.1, 0.15) is 5.82 Å². The van der Waals surface area contributed by atoms with Crippen LogP contribution in [0.2, 0.25) is 0 Å². The van der Waals surface area contributed by atoms with Gasteiger partial charge in [-0.2, -0.15) is 4.98 Å². The molecule has 0 saturated carbocycles. The van der Waals surface area contributed by atoms with Crippen LogP contribution in [0.4, 0.5) is 4.39 Å². The van der Waals surface area contributed by atoms with Gasteiger partial charge in [-0.25, -0.2) is 4.39 Å². The van der Waals surface area contributed by atoms with Crippen LogP contribution in [-0.4, -0.2) is 10.1 Å². The first-order valence-corrected chi connectivity index (χ1v) is 6.45. The fourth-order valence-corrected chi connectivity index (χ4v) is 1.95. The summed E-state index contributed by atoms with van der Waals surface area (Å²) in [5.41, 5.74) is 6.57. The maximum absolute atomic E-state index is 13.1. The molecule has 1 aromatic carbocycles. The van der Waals surface area contributed by atoms with E-state index in [2.05, 4.69) is 26.1 Å². The van der Waals surface area contributed by atoms with Crippen LogP contribution < -0.4 is 5.73 Å². The number of benzene rings is 1. The van der Waals surface area contributed by atoms with E-state index >= 15 is 0 Å². The van der Waals surface area contributed by atoms with E-state index in [1.165, 1.54) is 6.07 Å². The van der Waals surface area contributed by atoms with Crippen molar-refractivity contribution in [1.82, 2.24) is 10.1 Å². The third-order valence-electron chi connectivity index (χ3n) is 2.54. The van der Waals surface area contributed by atoms with Gasteiger partial charge >= 0.3 is 0 Å². The normalized spacial score (nSPS) is 12.7. The van der Waals surface area contributed by atoms with Crippen molar-refractivity contribution in [2.45, 2.75) is 25.8 Å². The number of rotatable bonds is 4. The molecule has 0 aliphatic heterocycles. The Morgan fingerprint density at radius 2 is 2.28 bits per heavy atom. The summed E-state index contributed by atoms with van der Waals surface area (Å²) in [6.07, 6.45) is 1.73. The molecular weight excluding hydrogens is 301 g/mol. The van der Waals surface area contributed by atoms with Crippen molar-refractivity contribution in [1.29, 1.82) is 0 Å². The van der Waals surface area contributed by atoms with Crippen LogP contribution in [0.25, 0.3) is 11.4 Å². The minimum atomic E-state index is -0.329. The van der Waals surface area contributed by atoms with Gasteiger partial charge in [0.05, 0.1) is 10.5 Å². The molecular formula is C12H13BrFN3O. The lowest BCUT2D eigenvalue weighted by Crippen LogP contribution is -2.09. The highest BCUT2D eigenvalue weighted by Gasteiger charge is 2.15. The Labute approximate surface area is 113 Å². The van der Waals surface area contributed by atoms with Gasteiger partial charge in [0, 0.05) is 5.56 Å². The van der Waals surface area contributed by atoms with E-state index in [0.717, 1.165) is 12.8 Å². The van der Waals surface area contributed by atoms with Gasteiger partial charge in [0.2, 0.25) is 11.7 Å². The first kappa shape index (κ1) is 13.2. The first-order valence-electron chi connectivity index (χ1n) is 5.66. The number of hydrogen-bond acceptors (Lipinski definition) is 4. The highest BCUT2D eigenvalue weighted by molar-refractivity contribution is 9.10. The Hall–Kier alpha value is -1.27. The van der Waals surface area contributed by atoms with E-state index < -0.39 is 0 Å². The van der Waals surface area contributed by atoms with E-state index in [1.54, 1.807) is 12.1 Å². The van der Waals surface area contributed by atoms with Crippen LogP contribution in [0.3, 0.4) is 0 Å². The van der Waals surface area contributed by atoms with Crippen molar-refractivity contribution in [3.63, 3.8) is 0 Å². The molecule has 0 aliphatic carbocycles. The first-order chi connectivity index (χ1) is 8.61. The largest absolute Gasteiger partial charge is 0.337 e. The van der Waals surface area contributed by atoms with E-state index in [-0.39, 0.29) is 11.9 Å². The highest BCUT2D eigenvalue weighted by Crippen LogP contribution is 2.24. The van der Waals surface area contributed by atoms with E-state index in [1.807, 2.05) is 6.92 Å². The summed E-state index contributed by atoms with van der Waals surface area (Å²) in [7, 11) is 0. The van der Waals surface area contributed by atoms with Crippen LogP contribution in [0.1, 0.15) is 31.7 Å². The molecule has 1 aromatic heterocycles. The van der Waals surface area contributed by atoms with Crippen LogP contribution >= 0.6 is 15.9 Å². The van der Waals surface area contributed by atoms with Crippen molar-refractivity contribution in [2.75, 3.05) is 0 Å². The molecule has 2 rings (SSSR count). The van der Waals surface area contributed by atoms with Gasteiger partial charge in [0.25, 0.3) is 0 Å². The summed E-state index contributed by atoms with van der Waals surface area (Å²) < 4.78 is 18.6. The van der Waals surface area contributed by atoms with E-state index in [9.17, 15) is 4.39 Å². The lowest BCUT2D eigenvalue weighted by atomic mass is 10.2. The summed E-state index contributed by atoms with van der Waals surface area (Å²) >= 11 is 3.12. The van der Waals surface area contributed by atoms with Gasteiger partial charge in [-0.1, -0.05) is 18.5 Å². The molecule has 18 heavy (non-hydrogen) atoms. The second-order valence-corrected chi connectivity index (χ2v) is 4.83. The molecule has 0 spiro atoms.